The van der Waals surface area contributed by atoms with Gasteiger partial charge >= 0.3 is 17.9 Å². The average molecular weight is 613 g/mol. The van der Waals surface area contributed by atoms with E-state index >= 15 is 0 Å². The van der Waals surface area contributed by atoms with Crippen LogP contribution in [-0.4, -0.2) is 97.1 Å². The lowest BCUT2D eigenvalue weighted by Crippen LogP contribution is -2.61. The largest absolute Gasteiger partial charge is 0.455 e. The molecule has 12 nitrogen and oxygen atoms in total. The van der Waals surface area contributed by atoms with Crippen LogP contribution in [0.2, 0.25) is 0 Å². The van der Waals surface area contributed by atoms with E-state index in [1.807, 2.05) is 13.0 Å². The Morgan fingerprint density at radius 3 is 1.84 bits per heavy atom. The number of allylic oxidation sites excluding steroid dienone is 5. The number of esters is 3. The lowest BCUT2D eigenvalue weighted by Gasteiger charge is -2.43. The second kappa shape index (κ2) is 18.3. The molecule has 0 aromatic carbocycles. The third-order valence-electron chi connectivity index (χ3n) is 6.84. The molecule has 0 amide bonds. The van der Waals surface area contributed by atoms with E-state index in [4.69, 9.17) is 33.2 Å². The second-order valence-corrected chi connectivity index (χ2v) is 11.2. The van der Waals surface area contributed by atoms with Crippen LogP contribution < -0.4 is 0 Å². The van der Waals surface area contributed by atoms with Gasteiger partial charge in [-0.25, -0.2) is 0 Å². The maximum Gasteiger partial charge on any atom is 0.303 e. The molecule has 0 aliphatic carbocycles. The minimum atomic E-state index is -1.49. The fourth-order valence-electron chi connectivity index (χ4n) is 4.65. The van der Waals surface area contributed by atoms with Crippen LogP contribution in [0.15, 0.2) is 34.9 Å². The van der Waals surface area contributed by atoms with E-state index in [0.29, 0.717) is 0 Å². The molecule has 0 aromatic rings. The van der Waals surface area contributed by atoms with Crippen molar-refractivity contribution in [2.45, 2.75) is 123 Å². The number of aliphatic hydroxyl groups is 2. The normalized spacial score (nSPS) is 29.9. The van der Waals surface area contributed by atoms with Crippen molar-refractivity contribution in [1.29, 1.82) is 0 Å². The summed E-state index contributed by atoms with van der Waals surface area (Å²) >= 11 is 0. The summed E-state index contributed by atoms with van der Waals surface area (Å²) in [7, 11) is 0. The van der Waals surface area contributed by atoms with Crippen molar-refractivity contribution < 1.29 is 57.8 Å². The highest BCUT2D eigenvalue weighted by molar-refractivity contribution is 5.67. The van der Waals surface area contributed by atoms with Gasteiger partial charge in [0.2, 0.25) is 0 Å². The van der Waals surface area contributed by atoms with Crippen LogP contribution in [0.1, 0.15) is 74.1 Å². The Balaban J connectivity index is 2.08. The van der Waals surface area contributed by atoms with E-state index in [9.17, 15) is 24.6 Å². The number of hydrogen-bond donors (Lipinski definition) is 2. The van der Waals surface area contributed by atoms with Crippen molar-refractivity contribution in [3.63, 3.8) is 0 Å². The fraction of sp³-hybridized carbons (Fsp3) is 0.710. The summed E-state index contributed by atoms with van der Waals surface area (Å²) in [4.78, 5) is 35.7. The van der Waals surface area contributed by atoms with Gasteiger partial charge in [0.1, 0.15) is 18.3 Å². The van der Waals surface area contributed by atoms with Crippen LogP contribution in [0, 0.1) is 0 Å². The van der Waals surface area contributed by atoms with Gasteiger partial charge in [0.15, 0.2) is 30.9 Å². The van der Waals surface area contributed by atoms with E-state index in [0.717, 1.165) is 38.2 Å². The van der Waals surface area contributed by atoms with Crippen LogP contribution in [0.4, 0.5) is 0 Å². The predicted molar refractivity (Wildman–Crippen MR) is 154 cm³/mol. The van der Waals surface area contributed by atoms with Gasteiger partial charge in [0.05, 0.1) is 19.8 Å². The smallest absolute Gasteiger partial charge is 0.303 e. The summed E-state index contributed by atoms with van der Waals surface area (Å²) in [5, 5.41) is 20.4. The molecule has 2 aliphatic heterocycles. The van der Waals surface area contributed by atoms with Crippen molar-refractivity contribution >= 4 is 17.9 Å². The van der Waals surface area contributed by atoms with Crippen LogP contribution in [0.3, 0.4) is 0 Å². The molecular formula is C31H48O12. The van der Waals surface area contributed by atoms with Crippen molar-refractivity contribution in [1.82, 2.24) is 0 Å². The molecule has 0 radical (unpaired) electrons. The summed E-state index contributed by atoms with van der Waals surface area (Å²) in [5.41, 5.74) is 3.77. The highest BCUT2D eigenvalue weighted by Crippen LogP contribution is 2.29. The van der Waals surface area contributed by atoms with Crippen LogP contribution >= 0.6 is 0 Å². The molecule has 0 spiro atoms. The lowest BCUT2D eigenvalue weighted by molar-refractivity contribution is -0.330. The highest BCUT2D eigenvalue weighted by atomic mass is 16.8. The van der Waals surface area contributed by atoms with Gasteiger partial charge in [0.25, 0.3) is 0 Å². The molecule has 0 aromatic heterocycles. The molecule has 2 heterocycles. The summed E-state index contributed by atoms with van der Waals surface area (Å²) in [6, 6.07) is 0. The molecule has 2 saturated heterocycles. The zero-order chi connectivity index (χ0) is 32.1. The van der Waals surface area contributed by atoms with Gasteiger partial charge in [-0.05, 0) is 53.4 Å². The number of carbonyl (C=O) groups is 3. The summed E-state index contributed by atoms with van der Waals surface area (Å²) < 4.78 is 39.3. The molecule has 2 aliphatic rings. The summed E-state index contributed by atoms with van der Waals surface area (Å²) in [6.07, 6.45) is 0.145. The number of hydrogen-bond acceptors (Lipinski definition) is 12. The first kappa shape index (κ1) is 36.6. The molecule has 2 fully saturated rings. The van der Waals surface area contributed by atoms with Gasteiger partial charge in [-0.2, -0.15) is 0 Å². The molecule has 0 unspecified atom stereocenters. The molecule has 0 bridgehead atoms. The van der Waals surface area contributed by atoms with Gasteiger partial charge in [-0.3, -0.25) is 14.4 Å². The lowest BCUT2D eigenvalue weighted by atomic mass is 10.0. The summed E-state index contributed by atoms with van der Waals surface area (Å²) in [6.45, 7) is 11.5. The number of aliphatic hydroxyl groups excluding tert-OH is 2. The topological polar surface area (TPSA) is 156 Å². The molecule has 244 valence electrons. The first-order valence-electron chi connectivity index (χ1n) is 14.6. The molecule has 43 heavy (non-hydrogen) atoms. The van der Waals surface area contributed by atoms with Crippen molar-refractivity contribution in [3.8, 4) is 0 Å². The SMILES string of the molecule is CC(=O)O[C@@H]1[C@H](O[C@@H]2CO[C@@H](OC/C=C(\C)CC/C=C(\C)CCC=C(C)C)[C@@H](OC(C)=O)[C@H]2OC(C)=O)OC[C@@H](O)[C@@H]1O. The highest BCUT2D eigenvalue weighted by Gasteiger charge is 2.50. The van der Waals surface area contributed by atoms with Crippen LogP contribution in [0.25, 0.3) is 0 Å². The maximum absolute atomic E-state index is 12.0. The number of carbonyl (C=O) groups excluding carboxylic acids is 3. The number of ether oxygens (including phenoxy) is 7. The Hall–Kier alpha value is -2.61. The van der Waals surface area contributed by atoms with Crippen LogP contribution in [-0.2, 0) is 47.5 Å². The Bertz CT molecular complexity index is 1010. The van der Waals surface area contributed by atoms with E-state index in [2.05, 4.69) is 32.9 Å². The molecular weight excluding hydrogens is 564 g/mol. The minimum absolute atomic E-state index is 0.153. The molecule has 2 N–H and O–H groups in total. The maximum atomic E-state index is 12.0. The van der Waals surface area contributed by atoms with Crippen molar-refractivity contribution in [2.75, 3.05) is 19.8 Å². The Morgan fingerprint density at radius 2 is 1.23 bits per heavy atom. The van der Waals surface area contributed by atoms with Gasteiger partial charge < -0.3 is 43.4 Å². The first-order chi connectivity index (χ1) is 20.3. The van der Waals surface area contributed by atoms with Gasteiger partial charge in [-0.15, -0.1) is 0 Å². The molecule has 2 rings (SSSR count). The van der Waals surface area contributed by atoms with E-state index < -0.39 is 67.1 Å². The van der Waals surface area contributed by atoms with E-state index in [-0.39, 0.29) is 19.8 Å². The zero-order valence-electron chi connectivity index (χ0n) is 26.3. The summed E-state index contributed by atoms with van der Waals surface area (Å²) in [5.74, 6) is -2.07. The Kier molecular flexibility index (Phi) is 15.5. The number of rotatable bonds is 14. The third-order valence-corrected chi connectivity index (χ3v) is 6.84. The predicted octanol–water partition coefficient (Wildman–Crippen LogP) is 3.04. The average Bonchev–Trinajstić information content (AvgIpc) is 2.90. The quantitative estimate of drug-likeness (QED) is 0.168. The second-order valence-electron chi connectivity index (χ2n) is 11.2. The standard InChI is InChI=1S/C31H48O12/c1-18(2)10-8-11-19(3)12-9-13-20(4)14-15-37-30-29(42-23(7)34)27(40-21(5)32)25(17-39-30)43-31-28(41-22(6)33)26(36)24(35)16-38-31/h10,12,14,24-31,35-36H,8-9,11,13,15-17H2,1-7H3/b19-12+,20-14+/t24-,25-,26+,27+,28+,29+,30-,31+/m1/s1. The minimum Gasteiger partial charge on any atom is -0.455 e. The monoisotopic (exact) mass is 612 g/mol. The fourth-order valence-corrected chi connectivity index (χ4v) is 4.65. The van der Waals surface area contributed by atoms with E-state index in [1.165, 1.54) is 25.0 Å². The Morgan fingerprint density at radius 1 is 0.698 bits per heavy atom. The van der Waals surface area contributed by atoms with Crippen molar-refractivity contribution in [2.24, 2.45) is 0 Å². The van der Waals surface area contributed by atoms with Gasteiger partial charge in [-0.1, -0.05) is 34.9 Å². The Labute approximate surface area is 253 Å². The molecule has 0 saturated carbocycles. The third kappa shape index (κ3) is 12.9. The molecule has 8 atom stereocenters. The van der Waals surface area contributed by atoms with Crippen molar-refractivity contribution in [3.05, 3.63) is 34.9 Å². The van der Waals surface area contributed by atoms with E-state index in [1.54, 1.807) is 0 Å². The van der Waals surface area contributed by atoms with Crippen LogP contribution in [0.5, 0.6) is 0 Å². The first-order valence-corrected chi connectivity index (χ1v) is 14.6. The molecule has 12 heteroatoms. The van der Waals surface area contributed by atoms with Gasteiger partial charge in [0, 0.05) is 20.8 Å². The zero-order valence-corrected chi connectivity index (χ0v) is 26.3.